The summed E-state index contributed by atoms with van der Waals surface area (Å²) in [7, 11) is 0. The number of fused-ring (bicyclic) bond motifs is 1. The third kappa shape index (κ3) is 2.62. The summed E-state index contributed by atoms with van der Waals surface area (Å²) in [6.45, 7) is 8.19. The van der Waals surface area contributed by atoms with Gasteiger partial charge in [0.1, 0.15) is 0 Å². The Labute approximate surface area is 126 Å². The van der Waals surface area contributed by atoms with E-state index in [0.29, 0.717) is 0 Å². The van der Waals surface area contributed by atoms with Crippen molar-refractivity contribution in [1.82, 2.24) is 0 Å². The van der Waals surface area contributed by atoms with Gasteiger partial charge >= 0.3 is 0 Å². The zero-order chi connectivity index (χ0) is 14.8. The van der Waals surface area contributed by atoms with Crippen molar-refractivity contribution in [3.8, 4) is 11.1 Å². The van der Waals surface area contributed by atoms with Gasteiger partial charge in [-0.2, -0.15) is 0 Å². The van der Waals surface area contributed by atoms with E-state index in [1.54, 1.807) is 0 Å². The number of hydrogen-bond acceptors (Lipinski definition) is 0. The number of aryl methyl sites for hydroxylation is 2. The first kappa shape index (κ1) is 13.6. The minimum absolute atomic E-state index is 0.892. The molecule has 0 aliphatic rings. The summed E-state index contributed by atoms with van der Waals surface area (Å²) in [4.78, 5) is 0. The maximum atomic E-state index is 3.93. The van der Waals surface area contributed by atoms with Gasteiger partial charge in [0, 0.05) is 0 Å². The Kier molecular flexibility index (Phi) is 3.62. The average Bonchev–Trinajstić information content (AvgIpc) is 2.48. The van der Waals surface area contributed by atoms with E-state index in [2.05, 4.69) is 75.0 Å². The summed E-state index contributed by atoms with van der Waals surface area (Å²) < 4.78 is 0. The van der Waals surface area contributed by atoms with Crippen molar-refractivity contribution in [2.45, 2.75) is 20.3 Å². The minimum atomic E-state index is 0.892. The van der Waals surface area contributed by atoms with Gasteiger partial charge in [-0.3, -0.25) is 0 Å². The van der Waals surface area contributed by atoms with Crippen LogP contribution in [0.3, 0.4) is 0 Å². The van der Waals surface area contributed by atoms with Crippen LogP contribution in [0.15, 0.2) is 67.3 Å². The predicted molar refractivity (Wildman–Crippen MR) is 92.8 cm³/mol. The first-order valence-electron chi connectivity index (χ1n) is 7.39. The van der Waals surface area contributed by atoms with E-state index in [1.165, 1.54) is 38.6 Å². The average molecular weight is 272 g/mol. The van der Waals surface area contributed by atoms with Gasteiger partial charge in [-0.1, -0.05) is 71.8 Å². The highest BCUT2D eigenvalue weighted by molar-refractivity contribution is 5.92. The molecular formula is C21H20. The van der Waals surface area contributed by atoms with Crippen molar-refractivity contribution in [3.63, 3.8) is 0 Å². The van der Waals surface area contributed by atoms with Crippen LogP contribution in [0.25, 0.3) is 21.9 Å². The molecule has 0 aliphatic carbocycles. The summed E-state index contributed by atoms with van der Waals surface area (Å²) in [5, 5.41) is 2.64. The van der Waals surface area contributed by atoms with Crippen LogP contribution in [0.4, 0.5) is 0 Å². The highest BCUT2D eigenvalue weighted by atomic mass is 14.1. The molecule has 0 heteroatoms. The summed E-state index contributed by atoms with van der Waals surface area (Å²) in [5.41, 5.74) is 6.55. The molecule has 0 atom stereocenters. The summed E-state index contributed by atoms with van der Waals surface area (Å²) in [5.74, 6) is 0. The molecule has 0 spiro atoms. The van der Waals surface area contributed by atoms with E-state index >= 15 is 0 Å². The molecule has 21 heavy (non-hydrogen) atoms. The summed E-state index contributed by atoms with van der Waals surface area (Å²) >= 11 is 0. The second kappa shape index (κ2) is 5.57. The Morgan fingerprint density at radius 2 is 1.57 bits per heavy atom. The van der Waals surface area contributed by atoms with Crippen LogP contribution in [0.2, 0.25) is 0 Å². The van der Waals surface area contributed by atoms with Crippen molar-refractivity contribution in [3.05, 3.63) is 83.9 Å². The first-order chi connectivity index (χ1) is 10.2. The highest BCUT2D eigenvalue weighted by Gasteiger charge is 2.08. The third-order valence-corrected chi connectivity index (χ3v) is 4.00. The van der Waals surface area contributed by atoms with Crippen LogP contribution in [-0.4, -0.2) is 0 Å². The smallest absolute Gasteiger partial charge is 0.00878 e. The van der Waals surface area contributed by atoms with Crippen LogP contribution in [0, 0.1) is 13.8 Å². The second-order valence-electron chi connectivity index (χ2n) is 5.68. The summed E-state index contributed by atoms with van der Waals surface area (Å²) in [6.07, 6.45) is 2.88. The highest BCUT2D eigenvalue weighted by Crippen LogP contribution is 2.31. The molecule has 0 fully saturated rings. The molecule has 0 N–H and O–H groups in total. The van der Waals surface area contributed by atoms with E-state index in [1.807, 2.05) is 6.08 Å². The van der Waals surface area contributed by atoms with Crippen molar-refractivity contribution in [2.24, 2.45) is 0 Å². The van der Waals surface area contributed by atoms with Crippen LogP contribution < -0.4 is 0 Å². The van der Waals surface area contributed by atoms with E-state index < -0.39 is 0 Å². The van der Waals surface area contributed by atoms with Gasteiger partial charge in [-0.15, -0.1) is 6.58 Å². The van der Waals surface area contributed by atoms with Gasteiger partial charge in [-0.25, -0.2) is 0 Å². The fraction of sp³-hybridized carbons (Fsp3) is 0.143. The largest absolute Gasteiger partial charge is 0.103 e. The van der Waals surface area contributed by atoms with Crippen LogP contribution in [-0.2, 0) is 6.42 Å². The standard InChI is InChI=1S/C21H20/c1-4-5-21-19(17-9-6-15(2)7-10-17)13-11-18-14-16(3)8-12-20(18)21/h4,6-14H,1,5H2,2-3H3. The quantitative estimate of drug-likeness (QED) is 0.524. The van der Waals surface area contributed by atoms with Crippen molar-refractivity contribution in [2.75, 3.05) is 0 Å². The van der Waals surface area contributed by atoms with Crippen LogP contribution in [0.1, 0.15) is 16.7 Å². The molecule has 3 aromatic rings. The summed E-state index contributed by atoms with van der Waals surface area (Å²) in [6, 6.07) is 19.9. The lowest BCUT2D eigenvalue weighted by atomic mass is 9.91. The lowest BCUT2D eigenvalue weighted by molar-refractivity contribution is 1.30. The molecule has 0 heterocycles. The normalized spacial score (nSPS) is 10.8. The fourth-order valence-corrected chi connectivity index (χ4v) is 2.88. The van der Waals surface area contributed by atoms with Gasteiger partial charge in [-0.05, 0) is 47.7 Å². The van der Waals surface area contributed by atoms with Crippen LogP contribution in [0.5, 0.6) is 0 Å². The molecule has 0 aromatic heterocycles. The molecule has 0 saturated carbocycles. The minimum Gasteiger partial charge on any atom is -0.103 e. The van der Waals surface area contributed by atoms with E-state index in [0.717, 1.165) is 6.42 Å². The number of allylic oxidation sites excluding steroid dienone is 1. The number of benzene rings is 3. The van der Waals surface area contributed by atoms with E-state index in [9.17, 15) is 0 Å². The third-order valence-electron chi connectivity index (χ3n) is 4.00. The molecule has 0 amide bonds. The van der Waals surface area contributed by atoms with Gasteiger partial charge in [0.05, 0.1) is 0 Å². The van der Waals surface area contributed by atoms with Crippen LogP contribution >= 0.6 is 0 Å². The zero-order valence-electron chi connectivity index (χ0n) is 12.7. The Hall–Kier alpha value is -2.34. The van der Waals surface area contributed by atoms with Crippen molar-refractivity contribution in [1.29, 1.82) is 0 Å². The molecule has 0 aliphatic heterocycles. The first-order valence-corrected chi connectivity index (χ1v) is 7.39. The topological polar surface area (TPSA) is 0 Å². The molecule has 0 saturated heterocycles. The number of rotatable bonds is 3. The maximum Gasteiger partial charge on any atom is -0.00878 e. The lowest BCUT2D eigenvalue weighted by Crippen LogP contribution is -1.91. The molecule has 3 rings (SSSR count). The molecule has 0 nitrogen and oxygen atoms in total. The monoisotopic (exact) mass is 272 g/mol. The molecule has 0 bridgehead atoms. The second-order valence-corrected chi connectivity index (χ2v) is 5.68. The van der Waals surface area contributed by atoms with Gasteiger partial charge < -0.3 is 0 Å². The van der Waals surface area contributed by atoms with Crippen molar-refractivity contribution < 1.29 is 0 Å². The Morgan fingerprint density at radius 3 is 2.29 bits per heavy atom. The van der Waals surface area contributed by atoms with E-state index in [-0.39, 0.29) is 0 Å². The Balaban J connectivity index is 2.26. The van der Waals surface area contributed by atoms with Gasteiger partial charge in [0.15, 0.2) is 0 Å². The van der Waals surface area contributed by atoms with Gasteiger partial charge in [0.25, 0.3) is 0 Å². The SMILES string of the molecule is C=CCc1c(-c2ccc(C)cc2)ccc2cc(C)ccc12. The maximum absolute atomic E-state index is 3.93. The molecule has 0 unspecified atom stereocenters. The molecule has 0 radical (unpaired) electrons. The Bertz CT molecular complexity index is 792. The molecule has 104 valence electrons. The predicted octanol–water partition coefficient (Wildman–Crippen LogP) is 5.85. The lowest BCUT2D eigenvalue weighted by Gasteiger charge is -2.13. The van der Waals surface area contributed by atoms with Gasteiger partial charge in [0.2, 0.25) is 0 Å². The molecular weight excluding hydrogens is 252 g/mol. The Morgan fingerprint density at radius 1 is 0.857 bits per heavy atom. The van der Waals surface area contributed by atoms with Crippen molar-refractivity contribution >= 4 is 10.8 Å². The number of hydrogen-bond donors (Lipinski definition) is 0. The van der Waals surface area contributed by atoms with E-state index in [4.69, 9.17) is 0 Å². The fourth-order valence-electron chi connectivity index (χ4n) is 2.88. The zero-order valence-corrected chi connectivity index (χ0v) is 12.7. The molecule has 3 aromatic carbocycles.